The van der Waals surface area contributed by atoms with Gasteiger partial charge in [-0.15, -0.1) is 11.8 Å². The second kappa shape index (κ2) is 2.91. The van der Waals surface area contributed by atoms with Gasteiger partial charge in [0.05, 0.1) is 0 Å². The lowest BCUT2D eigenvalue weighted by Crippen LogP contribution is -2.00. The van der Waals surface area contributed by atoms with Crippen LogP contribution in [0.2, 0.25) is 0 Å². The zero-order valence-corrected chi connectivity index (χ0v) is 8.21. The summed E-state index contributed by atoms with van der Waals surface area (Å²) in [6.07, 6.45) is 6.14. The summed E-state index contributed by atoms with van der Waals surface area (Å²) in [6, 6.07) is 10.9. The van der Waals surface area contributed by atoms with Crippen LogP contribution in [0.25, 0.3) is 0 Å². The van der Waals surface area contributed by atoms with Gasteiger partial charge in [0, 0.05) is 10.5 Å². The minimum absolute atomic E-state index is 0.733. The molecule has 0 nitrogen and oxygen atoms in total. The van der Waals surface area contributed by atoms with Crippen molar-refractivity contribution in [3.8, 4) is 0 Å². The summed E-state index contributed by atoms with van der Waals surface area (Å²) < 4.78 is 0. The molecule has 13 heavy (non-hydrogen) atoms. The third-order valence-corrected chi connectivity index (χ3v) is 4.53. The van der Waals surface area contributed by atoms with Gasteiger partial charge in [-0.2, -0.15) is 0 Å². The Morgan fingerprint density at radius 3 is 2.54 bits per heavy atom. The predicted molar refractivity (Wildman–Crippen MR) is 57.8 cm³/mol. The van der Waals surface area contributed by atoms with Crippen LogP contribution in [0.4, 0.5) is 0 Å². The number of thioether (sulfide) groups is 1. The largest absolute Gasteiger partial charge is 0.146 e. The molecule has 2 aliphatic rings. The van der Waals surface area contributed by atoms with Crippen molar-refractivity contribution in [2.45, 2.75) is 16.9 Å². The number of hydrogen-bond donors (Lipinski definition) is 0. The van der Waals surface area contributed by atoms with Crippen molar-refractivity contribution in [1.29, 1.82) is 0 Å². The molecular weight excluding hydrogens is 176 g/mol. The molecule has 0 aromatic heterocycles. The Morgan fingerprint density at radius 1 is 1.08 bits per heavy atom. The molecule has 1 aliphatic heterocycles. The highest BCUT2D eigenvalue weighted by molar-refractivity contribution is 8.00. The van der Waals surface area contributed by atoms with Crippen LogP contribution >= 0.6 is 11.8 Å². The molecule has 0 N–H and O–H groups in total. The quantitative estimate of drug-likeness (QED) is 0.608. The average molecular weight is 188 g/mol. The Balaban J connectivity index is 1.92. The van der Waals surface area contributed by atoms with Crippen LogP contribution in [0.1, 0.15) is 17.2 Å². The third kappa shape index (κ3) is 1.22. The Morgan fingerprint density at radius 2 is 1.92 bits per heavy atom. The number of hydrogen-bond acceptors (Lipinski definition) is 1. The second-order valence-corrected chi connectivity index (χ2v) is 5.18. The van der Waals surface area contributed by atoms with Crippen LogP contribution in [0, 0.1) is 5.92 Å². The third-order valence-electron chi connectivity index (χ3n) is 2.92. The Hall–Kier alpha value is -0.690. The molecule has 66 valence electrons. The summed E-state index contributed by atoms with van der Waals surface area (Å²) in [5.74, 6) is 0.803. The van der Waals surface area contributed by atoms with Crippen LogP contribution in [0.3, 0.4) is 0 Å². The molecule has 3 atom stereocenters. The summed E-state index contributed by atoms with van der Waals surface area (Å²) >= 11 is 2.13. The molecule has 0 unspecified atom stereocenters. The van der Waals surface area contributed by atoms with E-state index in [0.717, 1.165) is 16.4 Å². The zero-order chi connectivity index (χ0) is 8.67. The number of allylic oxidation sites excluding steroid dienone is 1. The molecule has 2 bridgehead atoms. The standard InChI is InChI=1S/C12H12S/c1-2-4-9(5-3-1)12-10-6-7-11(8-10)13-12/h1-7,10-12H,8H2/t10-,11+,12+/m0/s1. The maximum absolute atomic E-state index is 2.40. The highest BCUT2D eigenvalue weighted by Gasteiger charge is 2.36. The summed E-state index contributed by atoms with van der Waals surface area (Å²) in [5, 5.41) is 1.53. The summed E-state index contributed by atoms with van der Waals surface area (Å²) in [5.41, 5.74) is 1.50. The first-order chi connectivity index (χ1) is 6.43. The minimum atomic E-state index is 0.733. The van der Waals surface area contributed by atoms with Gasteiger partial charge in [-0.1, -0.05) is 42.5 Å². The molecule has 1 fully saturated rings. The van der Waals surface area contributed by atoms with Gasteiger partial charge in [-0.3, -0.25) is 0 Å². The fraction of sp³-hybridized carbons (Fsp3) is 0.333. The Bertz CT molecular complexity index is 328. The van der Waals surface area contributed by atoms with Gasteiger partial charge in [0.2, 0.25) is 0 Å². The summed E-state index contributed by atoms with van der Waals surface area (Å²) in [4.78, 5) is 0. The topological polar surface area (TPSA) is 0 Å². The SMILES string of the molecule is C1=C[C@H]2C[C@@H]1S[C@@H]2c1ccccc1. The fourth-order valence-electron chi connectivity index (χ4n) is 2.28. The molecule has 1 aromatic carbocycles. The lowest BCUT2D eigenvalue weighted by atomic mass is 9.99. The van der Waals surface area contributed by atoms with Crippen LogP contribution < -0.4 is 0 Å². The maximum atomic E-state index is 2.40. The molecule has 1 aliphatic carbocycles. The van der Waals surface area contributed by atoms with E-state index in [-0.39, 0.29) is 0 Å². The first-order valence-corrected chi connectivity index (χ1v) is 5.76. The minimum Gasteiger partial charge on any atom is -0.146 e. The van der Waals surface area contributed by atoms with Gasteiger partial charge in [-0.05, 0) is 17.9 Å². The molecule has 1 heterocycles. The van der Waals surface area contributed by atoms with E-state index in [0.29, 0.717) is 0 Å². The van der Waals surface area contributed by atoms with Crippen LogP contribution in [-0.4, -0.2) is 5.25 Å². The highest BCUT2D eigenvalue weighted by atomic mass is 32.2. The van der Waals surface area contributed by atoms with Gasteiger partial charge >= 0.3 is 0 Å². The second-order valence-electron chi connectivity index (χ2n) is 3.79. The van der Waals surface area contributed by atoms with E-state index in [1.807, 2.05) is 0 Å². The van der Waals surface area contributed by atoms with E-state index in [4.69, 9.17) is 0 Å². The van der Waals surface area contributed by atoms with Gasteiger partial charge in [0.25, 0.3) is 0 Å². The fourth-order valence-corrected chi connectivity index (χ4v) is 3.88. The molecule has 0 saturated carbocycles. The van der Waals surface area contributed by atoms with Crippen LogP contribution in [0.15, 0.2) is 42.5 Å². The Labute approximate surface area is 83.0 Å². The molecule has 3 rings (SSSR count). The highest BCUT2D eigenvalue weighted by Crippen LogP contribution is 2.53. The Kier molecular flexibility index (Phi) is 1.72. The van der Waals surface area contributed by atoms with Crippen LogP contribution in [-0.2, 0) is 0 Å². The van der Waals surface area contributed by atoms with Gasteiger partial charge in [0.1, 0.15) is 0 Å². The maximum Gasteiger partial charge on any atom is 0.0366 e. The molecular formula is C12H12S. The van der Waals surface area contributed by atoms with E-state index in [9.17, 15) is 0 Å². The lowest BCUT2D eigenvalue weighted by molar-refractivity contribution is 0.658. The van der Waals surface area contributed by atoms with Crippen molar-refractivity contribution in [2.75, 3.05) is 0 Å². The van der Waals surface area contributed by atoms with Gasteiger partial charge in [-0.25, -0.2) is 0 Å². The first-order valence-electron chi connectivity index (χ1n) is 4.82. The first kappa shape index (κ1) is 7.69. The predicted octanol–water partition coefficient (Wildman–Crippen LogP) is 3.42. The molecule has 0 radical (unpaired) electrons. The van der Waals surface area contributed by atoms with Crippen molar-refractivity contribution in [1.82, 2.24) is 0 Å². The number of rotatable bonds is 1. The summed E-state index contributed by atoms with van der Waals surface area (Å²) in [7, 11) is 0. The van der Waals surface area contributed by atoms with Crippen molar-refractivity contribution in [3.63, 3.8) is 0 Å². The number of fused-ring (bicyclic) bond motifs is 2. The molecule has 0 amide bonds. The molecule has 1 saturated heterocycles. The van der Waals surface area contributed by atoms with Crippen LogP contribution in [0.5, 0.6) is 0 Å². The zero-order valence-electron chi connectivity index (χ0n) is 7.39. The lowest BCUT2D eigenvalue weighted by Gasteiger charge is -2.17. The van der Waals surface area contributed by atoms with E-state index < -0.39 is 0 Å². The van der Waals surface area contributed by atoms with Gasteiger partial charge < -0.3 is 0 Å². The molecule has 0 spiro atoms. The average Bonchev–Trinajstić information content (AvgIpc) is 2.80. The van der Waals surface area contributed by atoms with E-state index in [1.54, 1.807) is 0 Å². The normalized spacial score (nSPS) is 35.5. The van der Waals surface area contributed by atoms with Crippen molar-refractivity contribution >= 4 is 11.8 Å². The van der Waals surface area contributed by atoms with Gasteiger partial charge in [0.15, 0.2) is 0 Å². The van der Waals surface area contributed by atoms with E-state index in [2.05, 4.69) is 54.2 Å². The monoisotopic (exact) mass is 188 g/mol. The molecule has 1 aromatic rings. The van der Waals surface area contributed by atoms with Crippen molar-refractivity contribution < 1.29 is 0 Å². The number of benzene rings is 1. The van der Waals surface area contributed by atoms with Crippen molar-refractivity contribution in [2.24, 2.45) is 5.92 Å². The van der Waals surface area contributed by atoms with Crippen molar-refractivity contribution in [3.05, 3.63) is 48.0 Å². The smallest absolute Gasteiger partial charge is 0.0366 e. The van der Waals surface area contributed by atoms with E-state index >= 15 is 0 Å². The van der Waals surface area contributed by atoms with E-state index in [1.165, 1.54) is 12.0 Å². The molecule has 1 heteroatoms. The summed E-state index contributed by atoms with van der Waals surface area (Å²) in [6.45, 7) is 0.